The summed E-state index contributed by atoms with van der Waals surface area (Å²) in [5.41, 5.74) is 0.825. The third kappa shape index (κ3) is 5.54. The topological polar surface area (TPSA) is 66.9 Å². The van der Waals surface area contributed by atoms with Gasteiger partial charge in [0.2, 0.25) is 15.9 Å². The maximum absolute atomic E-state index is 13.2. The monoisotopic (exact) mass is 358 g/mol. The first-order chi connectivity index (χ1) is 11.3. The summed E-state index contributed by atoms with van der Waals surface area (Å²) in [5, 5.41) is 0. The molecule has 1 aromatic rings. The van der Waals surface area contributed by atoms with Crippen molar-refractivity contribution in [2.75, 3.05) is 39.5 Å². The van der Waals surface area contributed by atoms with E-state index in [4.69, 9.17) is 4.74 Å². The molecule has 0 spiro atoms. The number of halogens is 1. The molecule has 0 radical (unpaired) electrons. The van der Waals surface area contributed by atoms with Crippen LogP contribution in [0.25, 0.3) is 0 Å². The van der Waals surface area contributed by atoms with E-state index >= 15 is 0 Å². The van der Waals surface area contributed by atoms with Crippen molar-refractivity contribution in [1.29, 1.82) is 0 Å². The van der Waals surface area contributed by atoms with Gasteiger partial charge in [0.1, 0.15) is 5.82 Å². The van der Waals surface area contributed by atoms with Gasteiger partial charge < -0.3 is 9.64 Å². The highest BCUT2D eigenvalue weighted by molar-refractivity contribution is 7.88. The smallest absolute Gasteiger partial charge is 0.224 e. The van der Waals surface area contributed by atoms with Gasteiger partial charge in [-0.25, -0.2) is 17.1 Å². The van der Waals surface area contributed by atoms with Gasteiger partial charge in [0.05, 0.1) is 19.0 Å². The Labute approximate surface area is 142 Å². The maximum Gasteiger partial charge on any atom is 0.224 e. The zero-order chi connectivity index (χ0) is 17.7. The summed E-state index contributed by atoms with van der Waals surface area (Å²) in [4.78, 5) is 14.0. The third-order valence-electron chi connectivity index (χ3n) is 4.05. The van der Waals surface area contributed by atoms with Gasteiger partial charge in [0, 0.05) is 39.5 Å². The molecule has 1 atom stereocenters. The van der Waals surface area contributed by atoms with Crippen LogP contribution in [-0.4, -0.2) is 69.2 Å². The fourth-order valence-electron chi connectivity index (χ4n) is 2.57. The highest BCUT2D eigenvalue weighted by Crippen LogP contribution is 2.14. The number of benzene rings is 1. The molecule has 0 saturated carbocycles. The Hall–Kier alpha value is -1.51. The molecule has 1 aliphatic rings. The van der Waals surface area contributed by atoms with Crippen LogP contribution in [0.1, 0.15) is 12.0 Å². The molecule has 1 aromatic carbocycles. The lowest BCUT2D eigenvalue weighted by molar-refractivity contribution is -0.138. The number of rotatable bonds is 6. The van der Waals surface area contributed by atoms with Crippen molar-refractivity contribution < 1.29 is 22.3 Å². The molecule has 1 aliphatic heterocycles. The number of morpholine rings is 1. The number of carbonyl (C=O) groups excluding carboxylic acids is 1. The summed E-state index contributed by atoms with van der Waals surface area (Å²) in [6.45, 7) is 1.50. The molecule has 1 amide bonds. The first-order valence-corrected chi connectivity index (χ1v) is 9.65. The molecule has 1 saturated heterocycles. The molecule has 6 nitrogen and oxygen atoms in total. The van der Waals surface area contributed by atoms with E-state index in [9.17, 15) is 17.6 Å². The van der Waals surface area contributed by atoms with Gasteiger partial charge in [-0.05, 0) is 17.7 Å². The lowest BCUT2D eigenvalue weighted by Crippen LogP contribution is -2.47. The van der Waals surface area contributed by atoms with Crippen LogP contribution in [0.15, 0.2) is 24.3 Å². The van der Waals surface area contributed by atoms with Crippen molar-refractivity contribution in [2.24, 2.45) is 0 Å². The SMILES string of the molecule is CN(CCC(=O)N1CCO[C@H](Cc2cccc(F)c2)C1)S(C)(=O)=O. The van der Waals surface area contributed by atoms with Crippen LogP contribution in [0, 0.1) is 5.82 Å². The van der Waals surface area contributed by atoms with E-state index in [1.807, 2.05) is 6.07 Å². The molecule has 0 aromatic heterocycles. The van der Waals surface area contributed by atoms with E-state index in [1.54, 1.807) is 11.0 Å². The number of ether oxygens (including phenoxy) is 1. The Morgan fingerprint density at radius 1 is 1.46 bits per heavy atom. The largest absolute Gasteiger partial charge is 0.374 e. The minimum Gasteiger partial charge on any atom is -0.374 e. The first-order valence-electron chi connectivity index (χ1n) is 7.81. The van der Waals surface area contributed by atoms with E-state index < -0.39 is 10.0 Å². The molecular weight excluding hydrogens is 335 g/mol. The van der Waals surface area contributed by atoms with Crippen molar-refractivity contribution in [3.8, 4) is 0 Å². The Kier molecular flexibility index (Phi) is 6.31. The maximum atomic E-state index is 13.2. The summed E-state index contributed by atoms with van der Waals surface area (Å²) in [7, 11) is -1.83. The van der Waals surface area contributed by atoms with Crippen molar-refractivity contribution in [2.45, 2.75) is 18.9 Å². The standard InChI is InChI=1S/C16H23FN2O4S/c1-18(24(2,21)22)7-6-16(20)19-8-9-23-15(12-19)11-13-4-3-5-14(17)10-13/h3-5,10,15H,6-9,11-12H2,1-2H3/t15-/m1/s1. The van der Waals surface area contributed by atoms with Gasteiger partial charge in [0.25, 0.3) is 0 Å². The number of hydrogen-bond acceptors (Lipinski definition) is 4. The Morgan fingerprint density at radius 3 is 2.88 bits per heavy atom. The summed E-state index contributed by atoms with van der Waals surface area (Å²) in [6, 6.07) is 6.33. The summed E-state index contributed by atoms with van der Waals surface area (Å²) < 4.78 is 42.8. The molecule has 0 bridgehead atoms. The average Bonchev–Trinajstić information content (AvgIpc) is 2.51. The highest BCUT2D eigenvalue weighted by atomic mass is 32.2. The van der Waals surface area contributed by atoms with E-state index in [1.165, 1.54) is 19.2 Å². The van der Waals surface area contributed by atoms with Crippen molar-refractivity contribution in [3.05, 3.63) is 35.6 Å². The fraction of sp³-hybridized carbons (Fsp3) is 0.562. The van der Waals surface area contributed by atoms with Crippen LogP contribution >= 0.6 is 0 Å². The second-order valence-corrected chi connectivity index (χ2v) is 8.09. The van der Waals surface area contributed by atoms with E-state index in [0.29, 0.717) is 26.1 Å². The van der Waals surface area contributed by atoms with Crippen LogP contribution in [0.3, 0.4) is 0 Å². The predicted octanol–water partition coefficient (Wildman–Crippen LogP) is 0.877. The van der Waals surface area contributed by atoms with Crippen LogP contribution in [0.2, 0.25) is 0 Å². The lowest BCUT2D eigenvalue weighted by Gasteiger charge is -2.33. The van der Waals surface area contributed by atoms with Gasteiger partial charge in [-0.1, -0.05) is 12.1 Å². The Balaban J connectivity index is 1.87. The van der Waals surface area contributed by atoms with Gasteiger partial charge in [-0.2, -0.15) is 0 Å². The van der Waals surface area contributed by atoms with E-state index in [0.717, 1.165) is 16.1 Å². The van der Waals surface area contributed by atoms with Gasteiger partial charge in [0.15, 0.2) is 0 Å². The molecule has 134 valence electrons. The Morgan fingerprint density at radius 2 is 2.21 bits per heavy atom. The third-order valence-corrected chi connectivity index (χ3v) is 5.37. The van der Waals surface area contributed by atoms with Crippen LogP contribution in [-0.2, 0) is 26.0 Å². The summed E-state index contributed by atoms with van der Waals surface area (Å²) in [5.74, 6) is -0.391. The van der Waals surface area contributed by atoms with E-state index in [-0.39, 0.29) is 30.8 Å². The molecule has 0 unspecified atom stereocenters. The van der Waals surface area contributed by atoms with Gasteiger partial charge >= 0.3 is 0 Å². The number of nitrogens with zero attached hydrogens (tertiary/aromatic N) is 2. The molecule has 0 N–H and O–H groups in total. The minimum atomic E-state index is -3.28. The minimum absolute atomic E-state index is 0.0990. The number of carbonyl (C=O) groups is 1. The van der Waals surface area contributed by atoms with Gasteiger partial charge in [-0.15, -0.1) is 0 Å². The molecular formula is C16H23FN2O4S. The number of amides is 1. The summed E-state index contributed by atoms with van der Waals surface area (Å²) >= 11 is 0. The second-order valence-electron chi connectivity index (χ2n) is 6.00. The molecule has 1 fully saturated rings. The number of hydrogen-bond donors (Lipinski definition) is 0. The summed E-state index contributed by atoms with van der Waals surface area (Å²) in [6.07, 6.45) is 1.60. The van der Waals surface area contributed by atoms with Crippen LogP contribution < -0.4 is 0 Å². The molecule has 1 heterocycles. The predicted molar refractivity (Wildman–Crippen MR) is 88.5 cm³/mol. The Bertz CT molecular complexity index is 680. The quantitative estimate of drug-likeness (QED) is 0.757. The molecule has 24 heavy (non-hydrogen) atoms. The van der Waals surface area contributed by atoms with Crippen molar-refractivity contribution >= 4 is 15.9 Å². The first kappa shape index (κ1) is 18.8. The fourth-order valence-corrected chi connectivity index (χ4v) is 3.00. The molecule has 8 heteroatoms. The van der Waals surface area contributed by atoms with Gasteiger partial charge in [-0.3, -0.25) is 4.79 Å². The normalized spacial score (nSPS) is 18.8. The second kappa shape index (κ2) is 8.04. The highest BCUT2D eigenvalue weighted by Gasteiger charge is 2.25. The van der Waals surface area contributed by atoms with Crippen molar-refractivity contribution in [1.82, 2.24) is 9.21 Å². The molecule has 2 rings (SSSR count). The number of sulfonamides is 1. The van der Waals surface area contributed by atoms with E-state index in [2.05, 4.69) is 0 Å². The zero-order valence-electron chi connectivity index (χ0n) is 13.9. The lowest BCUT2D eigenvalue weighted by atomic mass is 10.1. The average molecular weight is 358 g/mol. The molecule has 0 aliphatic carbocycles. The van der Waals surface area contributed by atoms with Crippen LogP contribution in [0.5, 0.6) is 0 Å². The van der Waals surface area contributed by atoms with Crippen molar-refractivity contribution in [3.63, 3.8) is 0 Å². The van der Waals surface area contributed by atoms with Crippen LogP contribution in [0.4, 0.5) is 4.39 Å². The zero-order valence-corrected chi connectivity index (χ0v) is 14.8.